The van der Waals surface area contributed by atoms with Gasteiger partial charge in [-0.1, -0.05) is 6.07 Å². The molecular formula is C10H7ClFN3. The van der Waals surface area contributed by atoms with E-state index in [-0.39, 0.29) is 5.82 Å². The highest BCUT2D eigenvalue weighted by Crippen LogP contribution is 2.31. The van der Waals surface area contributed by atoms with Gasteiger partial charge in [-0.3, -0.25) is 9.89 Å². The first kappa shape index (κ1) is 8.85. The summed E-state index contributed by atoms with van der Waals surface area (Å²) < 4.78 is 13.6. The fourth-order valence-electron chi connectivity index (χ4n) is 1.83. The van der Waals surface area contributed by atoms with E-state index in [1.165, 1.54) is 6.07 Å². The third-order valence-corrected chi connectivity index (χ3v) is 2.78. The van der Waals surface area contributed by atoms with Crippen molar-refractivity contribution in [2.75, 3.05) is 13.1 Å². The molecule has 1 aromatic rings. The summed E-state index contributed by atoms with van der Waals surface area (Å²) in [6.07, 6.45) is 0. The van der Waals surface area contributed by atoms with E-state index < -0.39 is 0 Å². The second-order valence-electron chi connectivity index (χ2n) is 3.37. The lowest BCUT2D eigenvalue weighted by atomic mass is 10.1. The standard InChI is InChI=1S/C10H7ClFN3/c11-10-14-7-3-1-2-6(12)8(7)9-13-4-5-15(9)10/h1-3H,4-5H2. The van der Waals surface area contributed by atoms with Crippen molar-refractivity contribution in [2.24, 2.45) is 9.98 Å². The maximum absolute atomic E-state index is 13.6. The molecule has 15 heavy (non-hydrogen) atoms. The Hall–Kier alpha value is -1.42. The number of fused-ring (bicyclic) bond motifs is 3. The molecule has 2 heterocycles. The predicted molar refractivity (Wildman–Crippen MR) is 57.5 cm³/mol. The Balaban J connectivity index is 2.30. The van der Waals surface area contributed by atoms with Crippen molar-refractivity contribution < 1.29 is 4.39 Å². The predicted octanol–water partition coefficient (Wildman–Crippen LogP) is 2.13. The Bertz CT molecular complexity index is 495. The van der Waals surface area contributed by atoms with Crippen LogP contribution >= 0.6 is 11.6 Å². The fourth-order valence-corrected chi connectivity index (χ4v) is 2.08. The molecule has 3 rings (SSSR count). The molecule has 0 amide bonds. The van der Waals surface area contributed by atoms with Crippen LogP contribution in [0.15, 0.2) is 28.2 Å². The SMILES string of the molecule is Fc1cccc2c1C1=NCCN1C(Cl)=N2. The maximum Gasteiger partial charge on any atom is 0.204 e. The number of hydrogen-bond acceptors (Lipinski definition) is 3. The van der Waals surface area contributed by atoms with Crippen LogP contribution in [0.4, 0.5) is 10.1 Å². The van der Waals surface area contributed by atoms with Gasteiger partial charge in [-0.25, -0.2) is 9.38 Å². The lowest BCUT2D eigenvalue weighted by Crippen LogP contribution is -2.34. The number of rotatable bonds is 0. The molecule has 0 spiro atoms. The molecule has 0 saturated carbocycles. The van der Waals surface area contributed by atoms with Crippen molar-refractivity contribution >= 4 is 28.4 Å². The number of benzene rings is 1. The van der Waals surface area contributed by atoms with Crippen molar-refractivity contribution in [3.63, 3.8) is 0 Å². The molecule has 0 aromatic heterocycles. The fraction of sp³-hybridized carbons (Fsp3) is 0.200. The minimum Gasteiger partial charge on any atom is -0.299 e. The number of hydrogen-bond donors (Lipinski definition) is 0. The molecule has 2 aliphatic rings. The van der Waals surface area contributed by atoms with Gasteiger partial charge in [0, 0.05) is 6.54 Å². The largest absolute Gasteiger partial charge is 0.299 e. The van der Waals surface area contributed by atoms with E-state index in [4.69, 9.17) is 11.6 Å². The average molecular weight is 224 g/mol. The van der Waals surface area contributed by atoms with Crippen molar-refractivity contribution in [3.8, 4) is 0 Å². The molecule has 5 heteroatoms. The third kappa shape index (κ3) is 1.18. The normalized spacial score (nSPS) is 18.1. The van der Waals surface area contributed by atoms with Gasteiger partial charge in [-0.15, -0.1) is 0 Å². The van der Waals surface area contributed by atoms with Gasteiger partial charge >= 0.3 is 0 Å². The highest BCUT2D eigenvalue weighted by Gasteiger charge is 2.30. The first-order chi connectivity index (χ1) is 7.27. The molecular weight excluding hydrogens is 217 g/mol. The summed E-state index contributed by atoms with van der Waals surface area (Å²) in [5, 5.41) is 0.365. The van der Waals surface area contributed by atoms with Crippen LogP contribution in [0.3, 0.4) is 0 Å². The Kier molecular flexibility index (Phi) is 1.79. The molecule has 0 fully saturated rings. The molecule has 76 valence electrons. The van der Waals surface area contributed by atoms with Crippen molar-refractivity contribution in [1.29, 1.82) is 0 Å². The third-order valence-electron chi connectivity index (χ3n) is 2.49. The molecule has 2 aliphatic heterocycles. The van der Waals surface area contributed by atoms with E-state index in [1.54, 1.807) is 17.0 Å². The van der Waals surface area contributed by atoms with Gasteiger partial charge in [0.05, 0.1) is 17.8 Å². The van der Waals surface area contributed by atoms with E-state index in [0.717, 1.165) is 0 Å². The molecule has 0 saturated heterocycles. The summed E-state index contributed by atoms with van der Waals surface area (Å²) >= 11 is 5.97. The second kappa shape index (κ2) is 3.03. The molecule has 0 N–H and O–H groups in total. The van der Waals surface area contributed by atoms with Gasteiger partial charge in [0.15, 0.2) is 0 Å². The van der Waals surface area contributed by atoms with Gasteiger partial charge in [0.25, 0.3) is 0 Å². The highest BCUT2D eigenvalue weighted by molar-refractivity contribution is 6.66. The second-order valence-corrected chi connectivity index (χ2v) is 3.71. The first-order valence-corrected chi connectivity index (χ1v) is 5.00. The smallest absolute Gasteiger partial charge is 0.204 e. The van der Waals surface area contributed by atoms with Gasteiger partial charge < -0.3 is 0 Å². The number of halogens is 2. The van der Waals surface area contributed by atoms with E-state index in [1.807, 2.05) is 0 Å². The molecule has 0 atom stereocenters. The quantitative estimate of drug-likeness (QED) is 0.620. The van der Waals surface area contributed by atoms with Crippen LogP contribution in [0.2, 0.25) is 0 Å². The topological polar surface area (TPSA) is 28.0 Å². The molecule has 0 unspecified atom stereocenters. The van der Waals surface area contributed by atoms with Gasteiger partial charge in [0.2, 0.25) is 5.29 Å². The molecule has 0 radical (unpaired) electrons. The summed E-state index contributed by atoms with van der Waals surface area (Å²) in [7, 11) is 0. The zero-order valence-electron chi connectivity index (χ0n) is 7.74. The summed E-state index contributed by atoms with van der Waals surface area (Å²) in [6.45, 7) is 1.31. The number of nitrogens with zero attached hydrogens (tertiary/aromatic N) is 3. The minimum atomic E-state index is -0.300. The Morgan fingerprint density at radius 1 is 1.40 bits per heavy atom. The lowest BCUT2D eigenvalue weighted by molar-refractivity contribution is 0.614. The molecule has 3 nitrogen and oxygen atoms in total. The van der Waals surface area contributed by atoms with Gasteiger partial charge in [-0.2, -0.15) is 0 Å². The number of aliphatic imine (C=N–C) groups is 2. The maximum atomic E-state index is 13.6. The average Bonchev–Trinajstić information content (AvgIpc) is 2.66. The van der Waals surface area contributed by atoms with E-state index in [2.05, 4.69) is 9.98 Å². The zero-order valence-corrected chi connectivity index (χ0v) is 8.50. The van der Waals surface area contributed by atoms with E-state index in [0.29, 0.717) is 35.5 Å². The lowest BCUT2D eigenvalue weighted by Gasteiger charge is -2.23. The summed E-state index contributed by atoms with van der Waals surface area (Å²) in [5.74, 6) is 0.300. The van der Waals surface area contributed by atoms with Crippen molar-refractivity contribution in [3.05, 3.63) is 29.6 Å². The van der Waals surface area contributed by atoms with Crippen LogP contribution in [0.5, 0.6) is 0 Å². The molecule has 1 aromatic carbocycles. The summed E-state index contributed by atoms with van der Waals surface area (Å²) in [5.41, 5.74) is 1.01. The Labute approximate surface area is 90.9 Å². The molecule has 0 bridgehead atoms. The van der Waals surface area contributed by atoms with E-state index in [9.17, 15) is 4.39 Å². The van der Waals surface area contributed by atoms with Crippen molar-refractivity contribution in [2.45, 2.75) is 0 Å². The summed E-state index contributed by atoms with van der Waals surface area (Å²) in [6, 6.07) is 4.76. The van der Waals surface area contributed by atoms with Crippen LogP contribution in [-0.2, 0) is 0 Å². The monoisotopic (exact) mass is 223 g/mol. The minimum absolute atomic E-state index is 0.300. The van der Waals surface area contributed by atoms with Crippen LogP contribution in [0.1, 0.15) is 5.56 Å². The van der Waals surface area contributed by atoms with Crippen LogP contribution in [-0.4, -0.2) is 29.1 Å². The van der Waals surface area contributed by atoms with Crippen LogP contribution < -0.4 is 0 Å². The van der Waals surface area contributed by atoms with Crippen LogP contribution in [0.25, 0.3) is 0 Å². The van der Waals surface area contributed by atoms with Crippen molar-refractivity contribution in [1.82, 2.24) is 4.90 Å². The Morgan fingerprint density at radius 2 is 2.27 bits per heavy atom. The van der Waals surface area contributed by atoms with Crippen LogP contribution in [0, 0.1) is 5.82 Å². The molecule has 0 aliphatic carbocycles. The Morgan fingerprint density at radius 3 is 3.13 bits per heavy atom. The zero-order chi connectivity index (χ0) is 10.4. The van der Waals surface area contributed by atoms with Gasteiger partial charge in [-0.05, 0) is 23.7 Å². The summed E-state index contributed by atoms with van der Waals surface area (Å²) in [4.78, 5) is 10.1. The van der Waals surface area contributed by atoms with E-state index >= 15 is 0 Å². The van der Waals surface area contributed by atoms with Gasteiger partial charge in [0.1, 0.15) is 11.7 Å². The number of amidine groups is 2. The first-order valence-electron chi connectivity index (χ1n) is 4.62. The highest BCUT2D eigenvalue weighted by atomic mass is 35.5.